The molecule has 0 spiro atoms. The van der Waals surface area contributed by atoms with Crippen LogP contribution in [0.15, 0.2) is 58.0 Å². The Balaban J connectivity index is 1.92. The number of carboxylic acids is 1. The van der Waals surface area contributed by atoms with E-state index in [9.17, 15) is 9.59 Å². The number of aromatic carboxylic acids is 1. The quantitative estimate of drug-likeness (QED) is 0.800. The molecule has 3 aromatic rings. The van der Waals surface area contributed by atoms with E-state index in [4.69, 9.17) is 9.63 Å². The van der Waals surface area contributed by atoms with Crippen LogP contribution in [0.2, 0.25) is 0 Å². The topological polar surface area (TPSA) is 85.3 Å². The third kappa shape index (κ3) is 2.91. The van der Waals surface area contributed by atoms with Crippen molar-refractivity contribution in [2.45, 2.75) is 13.5 Å². The van der Waals surface area contributed by atoms with Crippen LogP contribution in [-0.2, 0) is 6.54 Å². The molecule has 6 nitrogen and oxygen atoms in total. The second kappa shape index (κ2) is 5.92. The van der Waals surface area contributed by atoms with Crippen LogP contribution in [0.4, 0.5) is 0 Å². The molecule has 0 saturated heterocycles. The van der Waals surface area contributed by atoms with E-state index in [1.165, 1.54) is 4.57 Å². The molecule has 6 heteroatoms. The van der Waals surface area contributed by atoms with E-state index in [1.54, 1.807) is 25.3 Å². The summed E-state index contributed by atoms with van der Waals surface area (Å²) >= 11 is 0. The largest absolute Gasteiger partial charge is 0.477 e. The first kappa shape index (κ1) is 14.8. The number of rotatable bonds is 4. The fourth-order valence-corrected chi connectivity index (χ4v) is 2.35. The van der Waals surface area contributed by atoms with Crippen LogP contribution in [0.5, 0.6) is 0 Å². The molecule has 2 aromatic heterocycles. The lowest BCUT2D eigenvalue weighted by atomic mass is 10.1. The predicted octanol–water partition coefficient (Wildman–Crippen LogP) is 2.56. The lowest BCUT2D eigenvalue weighted by Crippen LogP contribution is -2.27. The predicted molar refractivity (Wildman–Crippen MR) is 83.4 cm³/mol. The van der Waals surface area contributed by atoms with Gasteiger partial charge in [-0.2, -0.15) is 0 Å². The SMILES string of the molecule is Cc1ccn(Cc2cc(-c3ccccc3)no2)c(=O)c1C(=O)O. The molecule has 0 unspecified atom stereocenters. The molecule has 3 rings (SSSR count). The molecule has 0 atom stereocenters. The van der Waals surface area contributed by atoms with Crippen molar-refractivity contribution in [1.29, 1.82) is 0 Å². The molecule has 0 amide bonds. The van der Waals surface area contributed by atoms with Crippen LogP contribution < -0.4 is 5.56 Å². The van der Waals surface area contributed by atoms with Crippen molar-refractivity contribution in [2.24, 2.45) is 0 Å². The van der Waals surface area contributed by atoms with Gasteiger partial charge in [-0.05, 0) is 18.6 Å². The Morgan fingerprint density at radius 3 is 2.70 bits per heavy atom. The highest BCUT2D eigenvalue weighted by Gasteiger charge is 2.15. The van der Waals surface area contributed by atoms with Crippen molar-refractivity contribution in [2.75, 3.05) is 0 Å². The normalized spacial score (nSPS) is 10.7. The monoisotopic (exact) mass is 310 g/mol. The molecule has 0 saturated carbocycles. The van der Waals surface area contributed by atoms with Gasteiger partial charge in [0.2, 0.25) is 0 Å². The van der Waals surface area contributed by atoms with Gasteiger partial charge in [0.1, 0.15) is 11.3 Å². The summed E-state index contributed by atoms with van der Waals surface area (Å²) in [6, 6.07) is 12.8. The van der Waals surface area contributed by atoms with E-state index < -0.39 is 11.5 Å². The van der Waals surface area contributed by atoms with Gasteiger partial charge < -0.3 is 14.2 Å². The number of carbonyl (C=O) groups is 1. The second-order valence-electron chi connectivity index (χ2n) is 5.16. The van der Waals surface area contributed by atoms with Gasteiger partial charge >= 0.3 is 5.97 Å². The Morgan fingerprint density at radius 2 is 2.00 bits per heavy atom. The minimum absolute atomic E-state index is 0.124. The number of hydrogen-bond donors (Lipinski definition) is 1. The van der Waals surface area contributed by atoms with Crippen LogP contribution in [0.1, 0.15) is 21.7 Å². The number of pyridine rings is 1. The summed E-state index contributed by atoms with van der Waals surface area (Å²) in [6.07, 6.45) is 1.55. The summed E-state index contributed by atoms with van der Waals surface area (Å²) in [7, 11) is 0. The highest BCUT2D eigenvalue weighted by molar-refractivity contribution is 5.88. The lowest BCUT2D eigenvalue weighted by molar-refractivity contribution is 0.0693. The molecule has 0 radical (unpaired) electrons. The molecule has 0 bridgehead atoms. The van der Waals surface area contributed by atoms with Crippen LogP contribution in [0.25, 0.3) is 11.3 Å². The Bertz CT molecular complexity index is 910. The summed E-state index contributed by atoms with van der Waals surface area (Å²) < 4.78 is 6.55. The number of hydrogen-bond acceptors (Lipinski definition) is 4. The van der Waals surface area contributed by atoms with Crippen LogP contribution in [0, 0.1) is 6.92 Å². The Morgan fingerprint density at radius 1 is 1.26 bits per heavy atom. The Hall–Kier alpha value is -3.15. The molecule has 0 aliphatic rings. The third-order valence-electron chi connectivity index (χ3n) is 3.54. The highest BCUT2D eigenvalue weighted by Crippen LogP contribution is 2.18. The van der Waals surface area contributed by atoms with E-state index in [-0.39, 0.29) is 12.1 Å². The van der Waals surface area contributed by atoms with E-state index >= 15 is 0 Å². The van der Waals surface area contributed by atoms with Crippen molar-refractivity contribution in [3.05, 3.63) is 75.9 Å². The van der Waals surface area contributed by atoms with Crippen molar-refractivity contribution in [1.82, 2.24) is 9.72 Å². The molecule has 0 fully saturated rings. The molecule has 2 heterocycles. The summed E-state index contributed by atoms with van der Waals surface area (Å²) in [5, 5.41) is 13.1. The first-order valence-corrected chi connectivity index (χ1v) is 7.00. The average molecular weight is 310 g/mol. The van der Waals surface area contributed by atoms with Gasteiger partial charge in [0.25, 0.3) is 5.56 Å². The Labute approximate surface area is 131 Å². The maximum Gasteiger partial charge on any atom is 0.341 e. The summed E-state index contributed by atoms with van der Waals surface area (Å²) in [5.41, 5.74) is 1.22. The fourth-order valence-electron chi connectivity index (χ4n) is 2.35. The summed E-state index contributed by atoms with van der Waals surface area (Å²) in [5.74, 6) is -0.754. The zero-order valence-corrected chi connectivity index (χ0v) is 12.4. The molecular formula is C17H14N2O4. The van der Waals surface area contributed by atoms with E-state index in [0.29, 0.717) is 17.0 Å². The molecule has 0 aliphatic carbocycles. The maximum absolute atomic E-state index is 12.2. The van der Waals surface area contributed by atoms with E-state index in [1.807, 2.05) is 30.3 Å². The number of aromatic nitrogens is 2. The van der Waals surface area contributed by atoms with Crippen LogP contribution in [0.3, 0.4) is 0 Å². The van der Waals surface area contributed by atoms with Crippen LogP contribution in [-0.4, -0.2) is 20.8 Å². The highest BCUT2D eigenvalue weighted by atomic mass is 16.5. The fraction of sp³-hybridized carbons (Fsp3) is 0.118. The van der Waals surface area contributed by atoms with Gasteiger partial charge in [-0.15, -0.1) is 0 Å². The first-order chi connectivity index (χ1) is 11.1. The third-order valence-corrected chi connectivity index (χ3v) is 3.54. The zero-order valence-electron chi connectivity index (χ0n) is 12.4. The van der Waals surface area contributed by atoms with Crippen molar-refractivity contribution < 1.29 is 14.4 Å². The Kier molecular flexibility index (Phi) is 3.80. The van der Waals surface area contributed by atoms with Gasteiger partial charge in [-0.3, -0.25) is 4.79 Å². The molecular weight excluding hydrogens is 296 g/mol. The molecule has 0 aliphatic heterocycles. The molecule has 23 heavy (non-hydrogen) atoms. The zero-order chi connectivity index (χ0) is 16.4. The smallest absolute Gasteiger partial charge is 0.341 e. The first-order valence-electron chi connectivity index (χ1n) is 7.00. The number of nitrogens with zero attached hydrogens (tertiary/aromatic N) is 2. The molecule has 1 N–H and O–H groups in total. The number of carboxylic acid groups (broad SMARTS) is 1. The standard InChI is InChI=1S/C17H14N2O4/c1-11-7-8-19(16(20)15(11)17(21)22)10-13-9-14(18-23-13)12-5-3-2-4-6-12/h2-9H,10H2,1H3,(H,21,22). The van der Waals surface area contributed by atoms with Gasteiger partial charge in [0.05, 0.1) is 6.54 Å². The minimum atomic E-state index is -1.23. The average Bonchev–Trinajstić information content (AvgIpc) is 2.99. The minimum Gasteiger partial charge on any atom is -0.477 e. The van der Waals surface area contributed by atoms with E-state index in [0.717, 1.165) is 5.56 Å². The van der Waals surface area contributed by atoms with Crippen molar-refractivity contribution in [3.63, 3.8) is 0 Å². The van der Waals surface area contributed by atoms with E-state index in [2.05, 4.69) is 5.16 Å². The number of aryl methyl sites for hydroxylation is 1. The molecule has 1 aromatic carbocycles. The van der Waals surface area contributed by atoms with Gasteiger partial charge in [-0.1, -0.05) is 35.5 Å². The molecule has 116 valence electrons. The second-order valence-corrected chi connectivity index (χ2v) is 5.16. The lowest BCUT2D eigenvalue weighted by Gasteiger charge is -2.06. The number of benzene rings is 1. The van der Waals surface area contributed by atoms with Gasteiger partial charge in [0.15, 0.2) is 5.76 Å². The maximum atomic E-state index is 12.2. The van der Waals surface area contributed by atoms with Crippen molar-refractivity contribution >= 4 is 5.97 Å². The van der Waals surface area contributed by atoms with Crippen LogP contribution >= 0.6 is 0 Å². The van der Waals surface area contributed by atoms with Crippen molar-refractivity contribution in [3.8, 4) is 11.3 Å². The van der Waals surface area contributed by atoms with Gasteiger partial charge in [0, 0.05) is 17.8 Å². The van der Waals surface area contributed by atoms with Gasteiger partial charge in [-0.25, -0.2) is 4.79 Å². The summed E-state index contributed by atoms with van der Waals surface area (Å²) in [4.78, 5) is 23.4. The summed E-state index contributed by atoms with van der Waals surface area (Å²) in [6.45, 7) is 1.72.